The molecule has 1 unspecified atom stereocenters. The maximum atomic E-state index is 10.9. The van der Waals surface area contributed by atoms with Crippen molar-refractivity contribution in [2.45, 2.75) is 10.9 Å². The van der Waals surface area contributed by atoms with E-state index in [2.05, 4.69) is 0 Å². The van der Waals surface area contributed by atoms with E-state index in [0.29, 0.717) is 6.61 Å². The third kappa shape index (κ3) is 1.82. The van der Waals surface area contributed by atoms with Crippen molar-refractivity contribution in [1.29, 1.82) is 0 Å². The maximum Gasteiger partial charge on any atom is 0.407 e. The van der Waals surface area contributed by atoms with Crippen LogP contribution in [0.2, 0.25) is 0 Å². The molecule has 0 saturated heterocycles. The van der Waals surface area contributed by atoms with E-state index in [-0.39, 0.29) is 6.04 Å². The van der Waals surface area contributed by atoms with Crippen molar-refractivity contribution in [3.63, 3.8) is 0 Å². The Morgan fingerprint density at radius 1 is 1.62 bits per heavy atom. The van der Waals surface area contributed by atoms with Crippen LogP contribution in [0.5, 0.6) is 5.75 Å². The van der Waals surface area contributed by atoms with Crippen molar-refractivity contribution in [3.05, 3.63) is 23.8 Å². The first-order valence-corrected chi connectivity index (χ1v) is 6.12. The van der Waals surface area contributed by atoms with E-state index in [4.69, 9.17) is 9.84 Å². The normalized spacial score (nSPS) is 17.8. The fourth-order valence-electron chi connectivity index (χ4n) is 1.75. The van der Waals surface area contributed by atoms with Crippen molar-refractivity contribution < 1.29 is 14.6 Å². The number of carboxylic acid groups (broad SMARTS) is 1. The summed E-state index contributed by atoms with van der Waals surface area (Å²) in [5.41, 5.74) is 0.947. The van der Waals surface area contributed by atoms with E-state index in [1.54, 1.807) is 18.8 Å². The minimum atomic E-state index is -0.935. The van der Waals surface area contributed by atoms with Crippen LogP contribution in [0.25, 0.3) is 0 Å². The Morgan fingerprint density at radius 3 is 3.00 bits per heavy atom. The molecule has 1 aliphatic rings. The van der Waals surface area contributed by atoms with Crippen molar-refractivity contribution >= 4 is 17.9 Å². The van der Waals surface area contributed by atoms with E-state index in [1.807, 2.05) is 24.5 Å². The van der Waals surface area contributed by atoms with E-state index >= 15 is 0 Å². The topological polar surface area (TPSA) is 49.8 Å². The van der Waals surface area contributed by atoms with Crippen LogP contribution in [0.15, 0.2) is 23.1 Å². The monoisotopic (exact) mass is 239 g/mol. The highest BCUT2D eigenvalue weighted by atomic mass is 32.2. The molecule has 1 atom stereocenters. The summed E-state index contributed by atoms with van der Waals surface area (Å²) >= 11 is 1.64. The van der Waals surface area contributed by atoms with Gasteiger partial charge in [-0.25, -0.2) is 4.79 Å². The van der Waals surface area contributed by atoms with Gasteiger partial charge in [-0.05, 0) is 18.4 Å². The summed E-state index contributed by atoms with van der Waals surface area (Å²) in [4.78, 5) is 13.3. The number of ether oxygens (including phenoxy) is 1. The first kappa shape index (κ1) is 11.1. The van der Waals surface area contributed by atoms with Gasteiger partial charge in [0, 0.05) is 17.5 Å². The van der Waals surface area contributed by atoms with Gasteiger partial charge in [0.1, 0.15) is 12.4 Å². The van der Waals surface area contributed by atoms with Gasteiger partial charge in [-0.15, -0.1) is 11.8 Å². The van der Waals surface area contributed by atoms with Crippen LogP contribution in [-0.4, -0.2) is 36.0 Å². The van der Waals surface area contributed by atoms with E-state index in [9.17, 15) is 4.79 Å². The van der Waals surface area contributed by atoms with Crippen LogP contribution >= 0.6 is 11.8 Å². The summed E-state index contributed by atoms with van der Waals surface area (Å²) in [7, 11) is 1.56. The molecular formula is C11H13NO3S. The summed E-state index contributed by atoms with van der Waals surface area (Å²) in [5.74, 6) is 0.796. The highest BCUT2D eigenvalue weighted by Gasteiger charge is 2.30. The van der Waals surface area contributed by atoms with E-state index < -0.39 is 6.09 Å². The van der Waals surface area contributed by atoms with Crippen LogP contribution in [0.3, 0.4) is 0 Å². The van der Waals surface area contributed by atoms with Gasteiger partial charge < -0.3 is 14.7 Å². The molecular weight excluding hydrogens is 226 g/mol. The Labute approximate surface area is 98.2 Å². The minimum Gasteiger partial charge on any atom is -0.491 e. The molecule has 1 aromatic rings. The number of hydrogen-bond donors (Lipinski definition) is 1. The molecule has 0 aliphatic carbocycles. The van der Waals surface area contributed by atoms with Gasteiger partial charge in [0.15, 0.2) is 0 Å². The Bertz CT molecular complexity index is 422. The Morgan fingerprint density at radius 2 is 2.38 bits per heavy atom. The molecule has 1 amide bonds. The van der Waals surface area contributed by atoms with Crippen molar-refractivity contribution in [1.82, 2.24) is 4.90 Å². The predicted molar refractivity (Wildman–Crippen MR) is 62.2 cm³/mol. The zero-order valence-electron chi connectivity index (χ0n) is 9.14. The summed E-state index contributed by atoms with van der Waals surface area (Å²) < 4.78 is 5.51. The van der Waals surface area contributed by atoms with Gasteiger partial charge in [-0.2, -0.15) is 0 Å². The van der Waals surface area contributed by atoms with E-state index in [0.717, 1.165) is 16.2 Å². The number of amides is 1. The molecule has 0 radical (unpaired) electrons. The highest BCUT2D eigenvalue weighted by Crippen LogP contribution is 2.37. The van der Waals surface area contributed by atoms with Crippen LogP contribution in [0.4, 0.5) is 4.79 Å². The number of thioether (sulfide) groups is 1. The number of fused-ring (bicyclic) bond motifs is 1. The largest absolute Gasteiger partial charge is 0.491 e. The number of carbonyl (C=O) groups is 1. The quantitative estimate of drug-likeness (QED) is 0.805. The highest BCUT2D eigenvalue weighted by molar-refractivity contribution is 7.98. The number of nitrogens with zero attached hydrogens (tertiary/aromatic N) is 1. The Hall–Kier alpha value is -1.36. The molecule has 0 aromatic heterocycles. The molecule has 5 heteroatoms. The number of benzene rings is 1. The standard InChI is InChI=1S/C11H13NO3S/c1-12(11(13)14)9-6-15-10-5-7(16-2)3-4-8(9)10/h3-5,9H,6H2,1-2H3,(H,13,14). The molecule has 2 rings (SSSR count). The van der Waals surface area contributed by atoms with Crippen LogP contribution in [0, 0.1) is 0 Å². The SMILES string of the molecule is CSc1ccc2c(c1)OCC2N(C)C(=O)O. The first-order valence-electron chi connectivity index (χ1n) is 4.90. The summed E-state index contributed by atoms with van der Waals surface area (Å²) in [5, 5.41) is 8.94. The molecule has 1 N–H and O–H groups in total. The van der Waals surface area contributed by atoms with Crippen molar-refractivity contribution in [2.24, 2.45) is 0 Å². The van der Waals surface area contributed by atoms with E-state index in [1.165, 1.54) is 4.90 Å². The van der Waals surface area contributed by atoms with Crippen LogP contribution < -0.4 is 4.74 Å². The smallest absolute Gasteiger partial charge is 0.407 e. The molecule has 16 heavy (non-hydrogen) atoms. The second-order valence-corrected chi connectivity index (χ2v) is 4.50. The van der Waals surface area contributed by atoms with Gasteiger partial charge in [-0.3, -0.25) is 0 Å². The lowest BCUT2D eigenvalue weighted by atomic mass is 10.1. The Balaban J connectivity index is 2.30. The van der Waals surface area contributed by atoms with Gasteiger partial charge in [0.2, 0.25) is 0 Å². The van der Waals surface area contributed by atoms with Gasteiger partial charge in [0.25, 0.3) is 0 Å². The fourth-order valence-corrected chi connectivity index (χ4v) is 2.18. The van der Waals surface area contributed by atoms with Crippen molar-refractivity contribution in [3.8, 4) is 5.75 Å². The molecule has 0 spiro atoms. The molecule has 1 heterocycles. The number of rotatable bonds is 2. The second-order valence-electron chi connectivity index (χ2n) is 3.62. The zero-order valence-corrected chi connectivity index (χ0v) is 9.95. The summed E-state index contributed by atoms with van der Waals surface area (Å²) in [6.07, 6.45) is 1.06. The molecule has 4 nitrogen and oxygen atoms in total. The van der Waals surface area contributed by atoms with Gasteiger partial charge in [-0.1, -0.05) is 6.07 Å². The number of hydrogen-bond acceptors (Lipinski definition) is 3. The van der Waals surface area contributed by atoms with Crippen LogP contribution in [0.1, 0.15) is 11.6 Å². The van der Waals surface area contributed by atoms with Crippen molar-refractivity contribution in [2.75, 3.05) is 19.9 Å². The lowest BCUT2D eigenvalue weighted by molar-refractivity contribution is 0.129. The molecule has 1 aliphatic heterocycles. The average molecular weight is 239 g/mol. The maximum absolute atomic E-state index is 10.9. The first-order chi connectivity index (χ1) is 7.63. The average Bonchev–Trinajstić information content (AvgIpc) is 2.70. The predicted octanol–water partition coefficient (Wildman–Crippen LogP) is 2.45. The lowest BCUT2D eigenvalue weighted by Gasteiger charge is -2.19. The number of likely N-dealkylation sites (N-methyl/N-ethyl adjacent to an activating group) is 1. The molecule has 0 saturated carbocycles. The second kappa shape index (κ2) is 4.25. The van der Waals surface area contributed by atoms with Gasteiger partial charge in [0.05, 0.1) is 6.04 Å². The zero-order chi connectivity index (χ0) is 11.7. The summed E-state index contributed by atoms with van der Waals surface area (Å²) in [6, 6.07) is 5.69. The molecule has 0 bridgehead atoms. The third-order valence-corrected chi connectivity index (χ3v) is 3.47. The fraction of sp³-hybridized carbons (Fsp3) is 0.364. The Kier molecular flexibility index (Phi) is 2.96. The van der Waals surface area contributed by atoms with Crippen LogP contribution in [-0.2, 0) is 0 Å². The molecule has 0 fully saturated rings. The minimum absolute atomic E-state index is 0.191. The summed E-state index contributed by atoms with van der Waals surface area (Å²) in [6.45, 7) is 0.399. The molecule has 1 aromatic carbocycles. The third-order valence-electron chi connectivity index (χ3n) is 2.75. The lowest BCUT2D eigenvalue weighted by Crippen LogP contribution is -2.30. The molecule has 86 valence electrons. The van der Waals surface area contributed by atoms with Gasteiger partial charge >= 0.3 is 6.09 Å².